The first kappa shape index (κ1) is 17.2. The number of rotatable bonds is 2. The van der Waals surface area contributed by atoms with E-state index in [-0.39, 0.29) is 24.6 Å². The number of ether oxygens (including phenoxy) is 2. The average Bonchev–Trinajstić information content (AvgIpc) is 2.32. The molecule has 0 N–H and O–H groups in total. The fourth-order valence-corrected chi connectivity index (χ4v) is 1.95. The van der Waals surface area contributed by atoms with Gasteiger partial charge in [-0.3, -0.25) is 4.79 Å². The van der Waals surface area contributed by atoms with E-state index in [9.17, 15) is 14.4 Å². The highest BCUT2D eigenvalue weighted by molar-refractivity contribution is 6.06. The van der Waals surface area contributed by atoms with Crippen LogP contribution in [-0.4, -0.2) is 41.6 Å². The molecule has 0 saturated carbocycles. The van der Waals surface area contributed by atoms with Gasteiger partial charge >= 0.3 is 12.1 Å². The summed E-state index contributed by atoms with van der Waals surface area (Å²) in [5, 5.41) is 0. The van der Waals surface area contributed by atoms with Crippen molar-refractivity contribution in [2.75, 3.05) is 13.2 Å². The second-order valence-corrected chi connectivity index (χ2v) is 5.98. The molecule has 2 amide bonds. The highest BCUT2D eigenvalue weighted by Crippen LogP contribution is 2.25. The van der Waals surface area contributed by atoms with Gasteiger partial charge in [0.25, 0.3) is 5.91 Å². The minimum Gasteiger partial charge on any atom is -0.463 e. The molecule has 0 bridgehead atoms. The maximum absolute atomic E-state index is 12.4. The molecule has 6 nitrogen and oxygen atoms in total. The van der Waals surface area contributed by atoms with Gasteiger partial charge < -0.3 is 9.47 Å². The molecule has 1 aliphatic rings. The summed E-state index contributed by atoms with van der Waals surface area (Å²) in [6.07, 6.45) is 1.08. The second kappa shape index (κ2) is 6.74. The molecule has 0 aromatic carbocycles. The lowest BCUT2D eigenvalue weighted by atomic mass is 9.92. The summed E-state index contributed by atoms with van der Waals surface area (Å²) in [4.78, 5) is 36.9. The van der Waals surface area contributed by atoms with Crippen LogP contribution in [0, 0.1) is 5.92 Å². The van der Waals surface area contributed by atoms with Gasteiger partial charge in [-0.25, -0.2) is 14.5 Å². The smallest absolute Gasteiger partial charge is 0.417 e. The Morgan fingerprint density at radius 1 is 1.38 bits per heavy atom. The van der Waals surface area contributed by atoms with E-state index in [0.29, 0.717) is 6.42 Å². The van der Waals surface area contributed by atoms with Crippen LogP contribution in [-0.2, 0) is 19.1 Å². The minimum absolute atomic E-state index is 0.0967. The quantitative estimate of drug-likeness (QED) is 0.577. The van der Waals surface area contributed by atoms with Gasteiger partial charge in [0, 0.05) is 18.2 Å². The molecule has 21 heavy (non-hydrogen) atoms. The SMILES string of the molecule is CCOC(=O)/C=C1/C(=O)N(C(=O)OC(C)(C)C)CC[C@H]1C. The predicted octanol–water partition coefficient (Wildman–Crippen LogP) is 2.28. The maximum Gasteiger partial charge on any atom is 0.417 e. The number of piperidine rings is 1. The van der Waals surface area contributed by atoms with E-state index >= 15 is 0 Å². The van der Waals surface area contributed by atoms with Crippen molar-refractivity contribution >= 4 is 18.0 Å². The molecule has 1 atom stereocenters. The molecule has 1 heterocycles. The lowest BCUT2D eigenvalue weighted by Crippen LogP contribution is -2.46. The summed E-state index contributed by atoms with van der Waals surface area (Å²) in [6, 6.07) is 0. The predicted molar refractivity (Wildman–Crippen MR) is 76.4 cm³/mol. The van der Waals surface area contributed by atoms with Crippen LogP contribution in [0.5, 0.6) is 0 Å². The van der Waals surface area contributed by atoms with Crippen LogP contribution in [0.2, 0.25) is 0 Å². The van der Waals surface area contributed by atoms with Crippen molar-refractivity contribution in [3.63, 3.8) is 0 Å². The first-order valence-electron chi connectivity index (χ1n) is 7.09. The van der Waals surface area contributed by atoms with E-state index in [4.69, 9.17) is 9.47 Å². The maximum atomic E-state index is 12.4. The van der Waals surface area contributed by atoms with Crippen molar-refractivity contribution < 1.29 is 23.9 Å². The Morgan fingerprint density at radius 3 is 2.52 bits per heavy atom. The second-order valence-electron chi connectivity index (χ2n) is 5.98. The van der Waals surface area contributed by atoms with Crippen LogP contribution in [0.15, 0.2) is 11.6 Å². The Hall–Kier alpha value is -1.85. The Labute approximate surface area is 125 Å². The zero-order chi connectivity index (χ0) is 16.2. The van der Waals surface area contributed by atoms with E-state index in [0.717, 1.165) is 4.90 Å². The largest absolute Gasteiger partial charge is 0.463 e. The van der Waals surface area contributed by atoms with Crippen molar-refractivity contribution in [1.29, 1.82) is 0 Å². The number of amides is 2. The van der Waals surface area contributed by atoms with E-state index in [1.807, 2.05) is 6.92 Å². The summed E-state index contributed by atoms with van der Waals surface area (Å²) >= 11 is 0. The molecule has 0 spiro atoms. The number of esters is 1. The molecule has 1 saturated heterocycles. The summed E-state index contributed by atoms with van der Waals surface area (Å²) < 4.78 is 10.0. The topological polar surface area (TPSA) is 72.9 Å². The molecule has 0 aliphatic carbocycles. The van der Waals surface area contributed by atoms with E-state index in [1.54, 1.807) is 27.7 Å². The number of hydrogen-bond acceptors (Lipinski definition) is 5. The molecular formula is C15H23NO5. The van der Waals surface area contributed by atoms with Gasteiger partial charge in [0.15, 0.2) is 0 Å². The third-order valence-corrected chi connectivity index (χ3v) is 2.98. The van der Waals surface area contributed by atoms with Gasteiger partial charge in [-0.15, -0.1) is 0 Å². The molecule has 1 fully saturated rings. The Balaban J connectivity index is 2.90. The Bertz CT molecular complexity index is 461. The van der Waals surface area contributed by atoms with Crippen LogP contribution >= 0.6 is 0 Å². The Morgan fingerprint density at radius 2 is 2.00 bits per heavy atom. The fourth-order valence-electron chi connectivity index (χ4n) is 1.95. The number of carbonyl (C=O) groups excluding carboxylic acids is 3. The van der Waals surface area contributed by atoms with Gasteiger partial charge in [-0.2, -0.15) is 0 Å². The van der Waals surface area contributed by atoms with Crippen LogP contribution < -0.4 is 0 Å². The van der Waals surface area contributed by atoms with Gasteiger partial charge in [0.05, 0.1) is 6.61 Å². The van der Waals surface area contributed by atoms with Gasteiger partial charge in [-0.1, -0.05) is 6.92 Å². The molecule has 118 valence electrons. The summed E-state index contributed by atoms with van der Waals surface area (Å²) in [5.74, 6) is -1.16. The number of hydrogen-bond donors (Lipinski definition) is 0. The highest BCUT2D eigenvalue weighted by atomic mass is 16.6. The monoisotopic (exact) mass is 297 g/mol. The van der Waals surface area contributed by atoms with Gasteiger partial charge in [0.2, 0.25) is 0 Å². The molecule has 0 unspecified atom stereocenters. The van der Waals surface area contributed by atoms with Crippen LogP contribution in [0.1, 0.15) is 41.0 Å². The normalized spacial score (nSPS) is 21.4. The molecular weight excluding hydrogens is 274 g/mol. The highest BCUT2D eigenvalue weighted by Gasteiger charge is 2.35. The molecule has 1 rings (SSSR count). The van der Waals surface area contributed by atoms with E-state index < -0.39 is 23.6 Å². The van der Waals surface area contributed by atoms with Crippen molar-refractivity contribution in [3.8, 4) is 0 Å². The first-order valence-corrected chi connectivity index (χ1v) is 7.09. The van der Waals surface area contributed by atoms with E-state index in [1.165, 1.54) is 6.08 Å². The molecule has 0 radical (unpaired) electrons. The first-order chi connectivity index (χ1) is 9.65. The van der Waals surface area contributed by atoms with Gasteiger partial charge in [0.1, 0.15) is 5.60 Å². The lowest BCUT2D eigenvalue weighted by Gasteiger charge is -2.32. The summed E-state index contributed by atoms with van der Waals surface area (Å²) in [7, 11) is 0. The minimum atomic E-state index is -0.686. The number of likely N-dealkylation sites (tertiary alicyclic amines) is 1. The van der Waals surface area contributed by atoms with E-state index in [2.05, 4.69) is 0 Å². The third-order valence-electron chi connectivity index (χ3n) is 2.98. The zero-order valence-electron chi connectivity index (χ0n) is 13.3. The summed E-state index contributed by atoms with van der Waals surface area (Å²) in [5.41, 5.74) is -0.392. The van der Waals surface area contributed by atoms with Crippen molar-refractivity contribution in [3.05, 3.63) is 11.6 Å². The molecule has 0 aromatic rings. The van der Waals surface area contributed by atoms with Crippen molar-refractivity contribution in [2.45, 2.75) is 46.6 Å². The Kier molecular flexibility index (Phi) is 5.52. The third kappa shape index (κ3) is 4.88. The number of nitrogens with zero attached hydrogens (tertiary/aromatic N) is 1. The van der Waals surface area contributed by atoms with Crippen LogP contribution in [0.3, 0.4) is 0 Å². The molecule has 1 aliphatic heterocycles. The standard InChI is InChI=1S/C15H23NO5/c1-6-20-12(17)9-11-10(2)7-8-16(13(11)18)14(19)21-15(3,4)5/h9-10H,6-8H2,1-5H3/b11-9+/t10-/m1/s1. The number of imide groups is 1. The number of carbonyl (C=O) groups is 3. The zero-order valence-corrected chi connectivity index (χ0v) is 13.3. The van der Waals surface area contributed by atoms with Crippen molar-refractivity contribution in [2.24, 2.45) is 5.92 Å². The molecule has 6 heteroatoms. The average molecular weight is 297 g/mol. The van der Waals surface area contributed by atoms with Crippen LogP contribution in [0.4, 0.5) is 4.79 Å². The lowest BCUT2D eigenvalue weighted by molar-refractivity contribution is -0.138. The van der Waals surface area contributed by atoms with Gasteiger partial charge in [-0.05, 0) is 40.0 Å². The van der Waals surface area contributed by atoms with Crippen molar-refractivity contribution in [1.82, 2.24) is 4.90 Å². The molecule has 0 aromatic heterocycles. The van der Waals surface area contributed by atoms with Crippen LogP contribution in [0.25, 0.3) is 0 Å². The summed E-state index contributed by atoms with van der Waals surface area (Å²) in [6.45, 7) is 9.26. The fraction of sp³-hybridized carbons (Fsp3) is 0.667.